The average Bonchev–Trinajstić information content (AvgIpc) is 2.98. The average molecular weight is 491 g/mol. The smallest absolute Gasteiger partial charge is 0.164 e. The Bertz CT molecular complexity index is 1570. The van der Waals surface area contributed by atoms with E-state index in [1.54, 1.807) is 0 Å². The van der Waals surface area contributed by atoms with Gasteiger partial charge in [-0.25, -0.2) is 15.0 Å². The van der Waals surface area contributed by atoms with E-state index in [4.69, 9.17) is 20.7 Å². The van der Waals surface area contributed by atoms with Gasteiger partial charge in [-0.2, -0.15) is 0 Å². The number of anilines is 1. The van der Waals surface area contributed by atoms with Crippen LogP contribution < -0.4 is 5.73 Å². The molecule has 0 aliphatic rings. The summed E-state index contributed by atoms with van der Waals surface area (Å²) in [5.41, 5.74) is 15.2. The highest BCUT2D eigenvalue weighted by Gasteiger charge is 2.13. The number of aromatic nitrogens is 3. The van der Waals surface area contributed by atoms with Gasteiger partial charge in [0.15, 0.2) is 17.5 Å². The summed E-state index contributed by atoms with van der Waals surface area (Å²) in [6.07, 6.45) is 0. The van der Waals surface area contributed by atoms with Crippen LogP contribution in [-0.2, 0) is 0 Å². The van der Waals surface area contributed by atoms with Crippen molar-refractivity contribution in [3.63, 3.8) is 0 Å². The van der Waals surface area contributed by atoms with Crippen molar-refractivity contribution in [3.05, 3.63) is 133 Å². The van der Waals surface area contributed by atoms with Gasteiger partial charge in [0.05, 0.1) is 0 Å². The Morgan fingerprint density at radius 3 is 1.11 bits per heavy atom. The molecule has 0 bridgehead atoms. The first-order valence-electron chi connectivity index (χ1n) is 12.6. The van der Waals surface area contributed by atoms with Gasteiger partial charge in [0, 0.05) is 22.4 Å². The van der Waals surface area contributed by atoms with Gasteiger partial charge < -0.3 is 5.73 Å². The number of rotatable bonds is 5. The van der Waals surface area contributed by atoms with Gasteiger partial charge in [-0.05, 0) is 41.3 Å². The van der Waals surface area contributed by atoms with Gasteiger partial charge >= 0.3 is 0 Å². The topological polar surface area (TPSA) is 64.7 Å². The van der Waals surface area contributed by atoms with Gasteiger partial charge in [0.1, 0.15) is 0 Å². The molecule has 4 heteroatoms. The van der Waals surface area contributed by atoms with Gasteiger partial charge in [0.2, 0.25) is 0 Å². The number of nitrogens with zero attached hydrogens (tertiary/aromatic N) is 3. The van der Waals surface area contributed by atoms with E-state index in [0.717, 1.165) is 39.1 Å². The molecule has 0 spiro atoms. The first kappa shape index (κ1) is 23.3. The fourth-order valence-electron chi connectivity index (χ4n) is 4.40. The number of nitrogen functional groups attached to an aromatic ring is 1. The zero-order valence-corrected chi connectivity index (χ0v) is 21.0. The molecule has 0 unspecified atom stereocenters. The molecule has 0 fully saturated rings. The molecule has 1 heterocycles. The number of hydrogen-bond donors (Lipinski definition) is 1. The first-order chi connectivity index (χ1) is 18.6. The molecule has 6 aromatic rings. The lowest BCUT2D eigenvalue weighted by atomic mass is 10.0. The van der Waals surface area contributed by atoms with E-state index < -0.39 is 0 Å². The number of nitrogens with two attached hydrogens (primary N) is 1. The minimum absolute atomic E-state index is 0.639. The Morgan fingerprint density at radius 2 is 0.684 bits per heavy atom. The van der Waals surface area contributed by atoms with Crippen LogP contribution in [0, 0.1) is 6.92 Å². The molecule has 182 valence electrons. The summed E-state index contributed by atoms with van der Waals surface area (Å²) in [5.74, 6) is 1.93. The van der Waals surface area contributed by atoms with Crippen molar-refractivity contribution in [3.8, 4) is 56.4 Å². The van der Waals surface area contributed by atoms with Crippen molar-refractivity contribution in [2.75, 3.05) is 5.73 Å². The molecule has 0 aliphatic carbocycles. The molecule has 0 aliphatic heterocycles. The summed E-state index contributed by atoms with van der Waals surface area (Å²) in [7, 11) is 0. The Morgan fingerprint density at radius 1 is 0.368 bits per heavy atom. The zero-order valence-electron chi connectivity index (χ0n) is 21.0. The lowest BCUT2D eigenvalue weighted by Crippen LogP contribution is -2.00. The zero-order chi connectivity index (χ0) is 25.9. The second kappa shape index (κ2) is 10.1. The van der Waals surface area contributed by atoms with Crippen LogP contribution in [0.1, 0.15) is 5.56 Å². The number of hydrogen-bond acceptors (Lipinski definition) is 4. The van der Waals surface area contributed by atoms with Crippen LogP contribution in [0.4, 0.5) is 5.69 Å². The van der Waals surface area contributed by atoms with Crippen LogP contribution >= 0.6 is 0 Å². The highest BCUT2D eigenvalue weighted by molar-refractivity contribution is 5.72. The van der Waals surface area contributed by atoms with E-state index in [1.807, 2.05) is 54.6 Å². The normalized spacial score (nSPS) is 10.9. The molecule has 0 saturated carbocycles. The summed E-state index contributed by atoms with van der Waals surface area (Å²) in [6, 6.07) is 43.1. The van der Waals surface area contributed by atoms with Crippen molar-refractivity contribution >= 4 is 5.69 Å². The predicted molar refractivity (Wildman–Crippen MR) is 156 cm³/mol. The fraction of sp³-hybridized carbons (Fsp3) is 0.0294. The van der Waals surface area contributed by atoms with Gasteiger partial charge in [-0.3, -0.25) is 0 Å². The van der Waals surface area contributed by atoms with Crippen molar-refractivity contribution < 1.29 is 0 Å². The lowest BCUT2D eigenvalue weighted by molar-refractivity contribution is 1.07. The molecule has 5 aromatic carbocycles. The van der Waals surface area contributed by atoms with Crippen molar-refractivity contribution in [2.24, 2.45) is 0 Å². The highest BCUT2D eigenvalue weighted by atomic mass is 15.0. The third-order valence-corrected chi connectivity index (χ3v) is 6.58. The summed E-state index contributed by atoms with van der Waals surface area (Å²) >= 11 is 0. The van der Waals surface area contributed by atoms with E-state index >= 15 is 0 Å². The Hall–Kier alpha value is -5.09. The maximum Gasteiger partial charge on any atom is 0.164 e. The van der Waals surface area contributed by atoms with Crippen LogP contribution in [0.2, 0.25) is 0 Å². The van der Waals surface area contributed by atoms with Crippen molar-refractivity contribution in [1.82, 2.24) is 15.0 Å². The maximum absolute atomic E-state index is 5.85. The largest absolute Gasteiger partial charge is 0.399 e. The second-order valence-electron chi connectivity index (χ2n) is 9.31. The Kier molecular flexibility index (Phi) is 6.20. The minimum atomic E-state index is 0.639. The van der Waals surface area contributed by atoms with Gasteiger partial charge in [-0.1, -0.05) is 121 Å². The van der Waals surface area contributed by atoms with Gasteiger partial charge in [0.25, 0.3) is 0 Å². The monoisotopic (exact) mass is 490 g/mol. The van der Waals surface area contributed by atoms with Crippen LogP contribution in [0.25, 0.3) is 56.4 Å². The summed E-state index contributed by atoms with van der Waals surface area (Å²) in [5, 5.41) is 0. The third-order valence-electron chi connectivity index (χ3n) is 6.58. The van der Waals surface area contributed by atoms with E-state index in [9.17, 15) is 0 Å². The molecule has 0 atom stereocenters. The molecule has 0 amide bonds. The molecule has 2 N–H and O–H groups in total. The molecule has 0 saturated heterocycles. The van der Waals surface area contributed by atoms with E-state index in [-0.39, 0.29) is 0 Å². The predicted octanol–water partition coefficient (Wildman–Crippen LogP) is 8.10. The molecule has 1 aromatic heterocycles. The molecular formula is C34H26N4. The number of benzene rings is 5. The van der Waals surface area contributed by atoms with Crippen LogP contribution in [-0.4, -0.2) is 15.0 Å². The third kappa shape index (κ3) is 4.93. The van der Waals surface area contributed by atoms with E-state index in [2.05, 4.69) is 79.7 Å². The Labute approximate surface area is 222 Å². The molecular weight excluding hydrogens is 464 g/mol. The fourth-order valence-corrected chi connectivity index (χ4v) is 4.40. The number of aryl methyl sites for hydroxylation is 1. The van der Waals surface area contributed by atoms with Crippen LogP contribution in [0.5, 0.6) is 0 Å². The summed E-state index contributed by atoms with van der Waals surface area (Å²) in [6.45, 7) is 2.10. The second-order valence-corrected chi connectivity index (χ2v) is 9.31. The maximum atomic E-state index is 5.85. The SMILES string of the molecule is Cc1ccc(-c2ccc(-c3nc(-c4ccccc4)nc(-c4ccc(-c5ccc(N)cc5)cc4)n3)cc2)cc1. The van der Waals surface area contributed by atoms with Crippen molar-refractivity contribution in [1.29, 1.82) is 0 Å². The van der Waals surface area contributed by atoms with Crippen LogP contribution in [0.3, 0.4) is 0 Å². The quantitative estimate of drug-likeness (QED) is 0.248. The minimum Gasteiger partial charge on any atom is -0.399 e. The van der Waals surface area contributed by atoms with E-state index in [0.29, 0.717) is 17.5 Å². The van der Waals surface area contributed by atoms with Gasteiger partial charge in [-0.15, -0.1) is 0 Å². The molecule has 0 radical (unpaired) electrons. The highest BCUT2D eigenvalue weighted by Crippen LogP contribution is 2.29. The summed E-state index contributed by atoms with van der Waals surface area (Å²) < 4.78 is 0. The molecule has 38 heavy (non-hydrogen) atoms. The summed E-state index contributed by atoms with van der Waals surface area (Å²) in [4.78, 5) is 14.6. The Balaban J connectivity index is 1.39. The molecule has 4 nitrogen and oxygen atoms in total. The van der Waals surface area contributed by atoms with E-state index in [1.165, 1.54) is 11.1 Å². The standard InChI is InChI=1S/C34H26N4/c1-23-7-9-24(10-8-23)25-11-15-29(16-12-25)33-36-32(28-5-3-2-4-6-28)37-34(38-33)30-17-13-26(14-18-30)27-19-21-31(35)22-20-27/h2-22H,35H2,1H3. The first-order valence-corrected chi connectivity index (χ1v) is 12.6. The van der Waals surface area contributed by atoms with Crippen molar-refractivity contribution in [2.45, 2.75) is 6.92 Å². The van der Waals surface area contributed by atoms with Crippen LogP contribution in [0.15, 0.2) is 127 Å². The lowest BCUT2D eigenvalue weighted by Gasteiger charge is -2.10. The molecule has 6 rings (SSSR count).